The van der Waals surface area contributed by atoms with Crippen LogP contribution in [0.2, 0.25) is 0 Å². The summed E-state index contributed by atoms with van der Waals surface area (Å²) >= 11 is 0. The SMILES string of the molecule is OC(CNCC1(O)CCOCC1)c1cccc(F)c1. The zero-order valence-corrected chi connectivity index (χ0v) is 10.8. The molecule has 3 N–H and O–H groups in total. The summed E-state index contributed by atoms with van der Waals surface area (Å²) in [6, 6.07) is 5.91. The molecule has 2 rings (SSSR count). The predicted octanol–water partition coefficient (Wildman–Crippen LogP) is 0.990. The second-order valence-corrected chi connectivity index (χ2v) is 5.04. The van der Waals surface area contributed by atoms with Gasteiger partial charge >= 0.3 is 0 Å². The molecule has 0 spiro atoms. The van der Waals surface area contributed by atoms with E-state index in [0.717, 1.165) is 0 Å². The summed E-state index contributed by atoms with van der Waals surface area (Å²) in [5.74, 6) is -0.361. The average molecular weight is 269 g/mol. The number of ether oxygens (including phenoxy) is 1. The third-order valence-electron chi connectivity index (χ3n) is 3.45. The van der Waals surface area contributed by atoms with Gasteiger partial charge in [-0.15, -0.1) is 0 Å². The second-order valence-electron chi connectivity index (χ2n) is 5.04. The number of halogens is 1. The Labute approximate surface area is 112 Å². The van der Waals surface area contributed by atoms with Crippen LogP contribution >= 0.6 is 0 Å². The minimum absolute atomic E-state index is 0.284. The quantitative estimate of drug-likeness (QED) is 0.746. The van der Waals surface area contributed by atoms with Gasteiger partial charge in [-0.2, -0.15) is 0 Å². The molecule has 1 saturated heterocycles. The lowest BCUT2D eigenvalue weighted by molar-refractivity contribution is -0.0623. The minimum Gasteiger partial charge on any atom is -0.388 e. The number of rotatable bonds is 5. The molecule has 0 bridgehead atoms. The maximum Gasteiger partial charge on any atom is 0.123 e. The number of aliphatic hydroxyl groups is 2. The molecule has 1 fully saturated rings. The van der Waals surface area contributed by atoms with Crippen molar-refractivity contribution in [3.8, 4) is 0 Å². The predicted molar refractivity (Wildman–Crippen MR) is 69.2 cm³/mol. The van der Waals surface area contributed by atoms with Gasteiger partial charge in [0.15, 0.2) is 0 Å². The van der Waals surface area contributed by atoms with E-state index in [9.17, 15) is 14.6 Å². The van der Waals surface area contributed by atoms with Crippen LogP contribution in [0.25, 0.3) is 0 Å². The molecular weight excluding hydrogens is 249 g/mol. The molecule has 5 heteroatoms. The molecule has 0 aliphatic carbocycles. The molecular formula is C14H20FNO3. The Balaban J connectivity index is 1.79. The van der Waals surface area contributed by atoms with Crippen LogP contribution in [0.15, 0.2) is 24.3 Å². The van der Waals surface area contributed by atoms with Gasteiger partial charge in [0, 0.05) is 39.1 Å². The fraction of sp³-hybridized carbons (Fsp3) is 0.571. The van der Waals surface area contributed by atoms with E-state index >= 15 is 0 Å². The van der Waals surface area contributed by atoms with E-state index in [2.05, 4.69) is 5.32 Å². The maximum atomic E-state index is 13.0. The molecule has 1 unspecified atom stereocenters. The Morgan fingerprint density at radius 2 is 2.11 bits per heavy atom. The van der Waals surface area contributed by atoms with Gasteiger partial charge in [0.1, 0.15) is 5.82 Å². The molecule has 0 amide bonds. The molecule has 1 heterocycles. The fourth-order valence-corrected chi connectivity index (χ4v) is 2.20. The lowest BCUT2D eigenvalue weighted by Gasteiger charge is -2.32. The smallest absolute Gasteiger partial charge is 0.123 e. The first kappa shape index (κ1) is 14.4. The van der Waals surface area contributed by atoms with Crippen molar-refractivity contribution in [1.82, 2.24) is 5.32 Å². The summed E-state index contributed by atoms with van der Waals surface area (Å²) in [7, 11) is 0. The van der Waals surface area contributed by atoms with Crippen molar-refractivity contribution in [1.29, 1.82) is 0 Å². The Morgan fingerprint density at radius 1 is 1.37 bits per heavy atom. The van der Waals surface area contributed by atoms with Gasteiger partial charge < -0.3 is 20.3 Å². The molecule has 0 radical (unpaired) electrons. The van der Waals surface area contributed by atoms with Gasteiger partial charge in [-0.05, 0) is 17.7 Å². The number of aliphatic hydroxyl groups excluding tert-OH is 1. The van der Waals surface area contributed by atoms with Gasteiger partial charge in [-0.1, -0.05) is 12.1 Å². The Morgan fingerprint density at radius 3 is 2.79 bits per heavy atom. The van der Waals surface area contributed by atoms with Crippen molar-refractivity contribution in [2.24, 2.45) is 0 Å². The van der Waals surface area contributed by atoms with Crippen molar-refractivity contribution in [3.05, 3.63) is 35.6 Å². The molecule has 1 aromatic carbocycles. The topological polar surface area (TPSA) is 61.7 Å². The molecule has 1 aromatic rings. The largest absolute Gasteiger partial charge is 0.388 e. The van der Waals surface area contributed by atoms with Gasteiger partial charge in [-0.25, -0.2) is 4.39 Å². The highest BCUT2D eigenvalue weighted by Gasteiger charge is 2.29. The standard InChI is InChI=1S/C14H20FNO3/c15-12-3-1-2-11(8-12)13(17)9-16-10-14(18)4-6-19-7-5-14/h1-3,8,13,16-18H,4-7,9-10H2. The maximum absolute atomic E-state index is 13.0. The number of nitrogens with one attached hydrogen (secondary N) is 1. The lowest BCUT2D eigenvalue weighted by Crippen LogP contribution is -2.45. The second kappa shape index (κ2) is 6.43. The van der Waals surface area contributed by atoms with E-state index in [1.165, 1.54) is 12.1 Å². The zero-order chi connectivity index (χ0) is 13.7. The van der Waals surface area contributed by atoms with Gasteiger partial charge in [0.2, 0.25) is 0 Å². The number of hydrogen-bond donors (Lipinski definition) is 3. The lowest BCUT2D eigenvalue weighted by atomic mass is 9.94. The van der Waals surface area contributed by atoms with E-state index < -0.39 is 11.7 Å². The summed E-state index contributed by atoms with van der Waals surface area (Å²) in [6.07, 6.45) is 0.408. The first-order valence-electron chi connectivity index (χ1n) is 6.53. The van der Waals surface area contributed by atoms with Crippen molar-refractivity contribution in [2.45, 2.75) is 24.5 Å². The van der Waals surface area contributed by atoms with Crippen LogP contribution in [0.1, 0.15) is 24.5 Å². The van der Waals surface area contributed by atoms with E-state index in [1.54, 1.807) is 12.1 Å². The van der Waals surface area contributed by atoms with E-state index in [4.69, 9.17) is 4.74 Å². The summed E-state index contributed by atoms with van der Waals surface area (Å²) in [4.78, 5) is 0. The average Bonchev–Trinajstić information content (AvgIpc) is 2.39. The fourth-order valence-electron chi connectivity index (χ4n) is 2.20. The highest BCUT2D eigenvalue weighted by Crippen LogP contribution is 2.20. The third-order valence-corrected chi connectivity index (χ3v) is 3.45. The molecule has 19 heavy (non-hydrogen) atoms. The highest BCUT2D eigenvalue weighted by molar-refractivity contribution is 5.18. The van der Waals surface area contributed by atoms with Crippen LogP contribution in [-0.4, -0.2) is 42.1 Å². The number of benzene rings is 1. The Hall–Kier alpha value is -1.01. The molecule has 1 atom stereocenters. The zero-order valence-electron chi connectivity index (χ0n) is 10.8. The summed E-state index contributed by atoms with van der Waals surface area (Å²) in [5, 5.41) is 23.2. The molecule has 1 aliphatic heterocycles. The molecule has 4 nitrogen and oxygen atoms in total. The van der Waals surface area contributed by atoms with Crippen LogP contribution in [0.4, 0.5) is 4.39 Å². The molecule has 106 valence electrons. The van der Waals surface area contributed by atoms with Crippen LogP contribution in [0.3, 0.4) is 0 Å². The monoisotopic (exact) mass is 269 g/mol. The van der Waals surface area contributed by atoms with Crippen molar-refractivity contribution in [3.63, 3.8) is 0 Å². The third kappa shape index (κ3) is 4.24. The highest BCUT2D eigenvalue weighted by atomic mass is 19.1. The first-order chi connectivity index (χ1) is 9.09. The Bertz CT molecular complexity index is 407. The summed E-state index contributed by atoms with van der Waals surface area (Å²) in [6.45, 7) is 1.81. The van der Waals surface area contributed by atoms with Crippen molar-refractivity contribution >= 4 is 0 Å². The first-order valence-corrected chi connectivity index (χ1v) is 6.53. The van der Waals surface area contributed by atoms with Crippen LogP contribution in [-0.2, 0) is 4.74 Å². The van der Waals surface area contributed by atoms with E-state index in [1.807, 2.05) is 0 Å². The van der Waals surface area contributed by atoms with E-state index in [0.29, 0.717) is 38.2 Å². The normalized spacial score (nSPS) is 20.2. The number of hydrogen-bond acceptors (Lipinski definition) is 4. The Kier molecular flexibility index (Phi) is 4.87. The minimum atomic E-state index is -0.779. The van der Waals surface area contributed by atoms with Gasteiger partial charge in [0.05, 0.1) is 11.7 Å². The van der Waals surface area contributed by atoms with Crippen molar-refractivity contribution < 1.29 is 19.3 Å². The molecule has 0 saturated carbocycles. The van der Waals surface area contributed by atoms with E-state index in [-0.39, 0.29) is 12.4 Å². The van der Waals surface area contributed by atoms with Crippen molar-refractivity contribution in [2.75, 3.05) is 26.3 Å². The van der Waals surface area contributed by atoms with Gasteiger partial charge in [0.25, 0.3) is 0 Å². The molecule has 0 aromatic heterocycles. The van der Waals surface area contributed by atoms with Crippen LogP contribution in [0.5, 0.6) is 0 Å². The van der Waals surface area contributed by atoms with Crippen LogP contribution in [0, 0.1) is 5.82 Å². The molecule has 1 aliphatic rings. The summed E-state index contributed by atoms with van der Waals surface area (Å²) in [5.41, 5.74) is -0.230. The van der Waals surface area contributed by atoms with Gasteiger partial charge in [-0.3, -0.25) is 0 Å². The van der Waals surface area contributed by atoms with Crippen LogP contribution < -0.4 is 5.32 Å². The summed E-state index contributed by atoms with van der Waals surface area (Å²) < 4.78 is 18.2.